The highest BCUT2D eigenvalue weighted by molar-refractivity contribution is 5.80. The second kappa shape index (κ2) is 12.6. The number of hydrogen-bond acceptors (Lipinski definition) is 10. The Bertz CT molecular complexity index is 1470. The summed E-state index contributed by atoms with van der Waals surface area (Å²) in [6.07, 6.45) is 4.39. The van der Waals surface area contributed by atoms with E-state index in [1.54, 1.807) is 35.3 Å². The summed E-state index contributed by atoms with van der Waals surface area (Å²) < 4.78 is 12.3. The lowest BCUT2D eigenvalue weighted by Crippen LogP contribution is -2.37. The average molecular weight is 546 g/mol. The fourth-order valence-corrected chi connectivity index (χ4v) is 4.63. The molecular formula is C28H31N7O5. The maximum Gasteiger partial charge on any atom is 0.310 e. The van der Waals surface area contributed by atoms with Crippen LogP contribution in [0, 0.1) is 10.1 Å². The molecule has 0 spiro atoms. The molecule has 40 heavy (non-hydrogen) atoms. The third-order valence-corrected chi connectivity index (χ3v) is 6.68. The first-order valence-electron chi connectivity index (χ1n) is 13.0. The van der Waals surface area contributed by atoms with Crippen LogP contribution in [0.15, 0.2) is 60.9 Å². The van der Waals surface area contributed by atoms with E-state index in [0.29, 0.717) is 28.5 Å². The van der Waals surface area contributed by atoms with Gasteiger partial charge in [0.25, 0.3) is 0 Å². The Morgan fingerprint density at radius 3 is 2.77 bits per heavy atom. The van der Waals surface area contributed by atoms with Gasteiger partial charge < -0.3 is 19.9 Å². The molecule has 208 valence electrons. The zero-order chi connectivity index (χ0) is 27.9. The number of nitrogens with zero attached hydrogens (tertiary/aromatic N) is 6. The van der Waals surface area contributed by atoms with Crippen LogP contribution in [0.5, 0.6) is 5.75 Å². The molecule has 1 saturated heterocycles. The first kappa shape index (κ1) is 27.2. The van der Waals surface area contributed by atoms with Crippen LogP contribution >= 0.6 is 0 Å². The first-order chi connectivity index (χ1) is 19.5. The van der Waals surface area contributed by atoms with Crippen molar-refractivity contribution in [3.63, 3.8) is 0 Å². The predicted molar refractivity (Wildman–Crippen MR) is 150 cm³/mol. The van der Waals surface area contributed by atoms with Gasteiger partial charge in [0, 0.05) is 54.9 Å². The van der Waals surface area contributed by atoms with Crippen molar-refractivity contribution in [2.45, 2.75) is 13.0 Å². The van der Waals surface area contributed by atoms with E-state index in [1.807, 2.05) is 12.1 Å². The molecule has 1 aliphatic heterocycles. The van der Waals surface area contributed by atoms with Crippen molar-refractivity contribution >= 4 is 17.3 Å². The molecule has 0 aliphatic carbocycles. The lowest BCUT2D eigenvalue weighted by molar-refractivity contribution is -0.385. The summed E-state index contributed by atoms with van der Waals surface area (Å²) in [6.45, 7) is 4.66. The SMILES string of the molecule is COc1cc(-c2nn(CCO)cc2-c2ccnc(Nc3cccc(CCN4CCOCC4)c3)n2)ccc1[N+](=O)[O-]. The molecule has 1 aliphatic rings. The van der Waals surface area contributed by atoms with Gasteiger partial charge in [0.15, 0.2) is 5.75 Å². The lowest BCUT2D eigenvalue weighted by atomic mass is 10.0. The molecule has 12 heteroatoms. The number of hydrogen-bond donors (Lipinski definition) is 2. The summed E-state index contributed by atoms with van der Waals surface area (Å²) in [6, 6.07) is 14.6. The number of nitro benzene ring substituents is 1. The van der Waals surface area contributed by atoms with Crippen LogP contribution in [-0.4, -0.2) is 81.2 Å². The van der Waals surface area contributed by atoms with Crippen LogP contribution in [0.3, 0.4) is 0 Å². The van der Waals surface area contributed by atoms with E-state index in [9.17, 15) is 15.2 Å². The number of methoxy groups -OCH3 is 1. The van der Waals surface area contributed by atoms with Crippen molar-refractivity contribution in [1.82, 2.24) is 24.6 Å². The number of rotatable bonds is 11. The quantitative estimate of drug-likeness (QED) is 0.212. The summed E-state index contributed by atoms with van der Waals surface area (Å²) in [4.78, 5) is 22.4. The summed E-state index contributed by atoms with van der Waals surface area (Å²) >= 11 is 0. The maximum atomic E-state index is 11.4. The van der Waals surface area contributed by atoms with E-state index in [4.69, 9.17) is 14.5 Å². The van der Waals surface area contributed by atoms with Gasteiger partial charge in [-0.3, -0.25) is 19.7 Å². The summed E-state index contributed by atoms with van der Waals surface area (Å²) in [7, 11) is 1.39. The molecular weight excluding hydrogens is 514 g/mol. The Morgan fingerprint density at radius 2 is 2.00 bits per heavy atom. The van der Waals surface area contributed by atoms with Crippen LogP contribution in [0.2, 0.25) is 0 Å². The Hall–Kier alpha value is -4.39. The number of ether oxygens (including phenoxy) is 2. The number of morpholine rings is 1. The second-order valence-electron chi connectivity index (χ2n) is 9.32. The van der Waals surface area contributed by atoms with E-state index in [0.717, 1.165) is 45.0 Å². The highest BCUT2D eigenvalue weighted by atomic mass is 16.6. The summed E-state index contributed by atoms with van der Waals surface area (Å²) in [5.74, 6) is 0.550. The van der Waals surface area contributed by atoms with Crippen molar-refractivity contribution in [2.24, 2.45) is 0 Å². The van der Waals surface area contributed by atoms with Gasteiger partial charge in [-0.1, -0.05) is 12.1 Å². The maximum absolute atomic E-state index is 11.4. The van der Waals surface area contributed by atoms with Crippen LogP contribution in [-0.2, 0) is 17.7 Å². The van der Waals surface area contributed by atoms with Gasteiger partial charge >= 0.3 is 5.69 Å². The van der Waals surface area contributed by atoms with E-state index >= 15 is 0 Å². The number of aliphatic hydroxyl groups is 1. The van der Waals surface area contributed by atoms with Gasteiger partial charge in [0.1, 0.15) is 5.69 Å². The summed E-state index contributed by atoms with van der Waals surface area (Å²) in [5, 5.41) is 28.8. The van der Waals surface area contributed by atoms with E-state index in [1.165, 1.54) is 18.7 Å². The number of aliphatic hydroxyl groups excluding tert-OH is 1. The molecule has 4 aromatic rings. The number of nitro groups is 1. The average Bonchev–Trinajstić information content (AvgIpc) is 3.41. The van der Waals surface area contributed by atoms with E-state index < -0.39 is 4.92 Å². The molecule has 2 aromatic heterocycles. The molecule has 1 fully saturated rings. The molecule has 5 rings (SSSR count). The third-order valence-electron chi connectivity index (χ3n) is 6.68. The minimum atomic E-state index is -0.492. The normalized spacial score (nSPS) is 13.8. The molecule has 2 N–H and O–H groups in total. The van der Waals surface area contributed by atoms with E-state index in [2.05, 4.69) is 32.4 Å². The van der Waals surface area contributed by atoms with Crippen LogP contribution in [0.25, 0.3) is 22.5 Å². The standard InChI is InChI=1S/C28H31N7O5/c1-39-26-18-21(5-6-25(26)35(37)38)27-23(19-34(32-27)11-14-36)24-7-9-29-28(31-24)30-22-4-2-3-20(17-22)8-10-33-12-15-40-16-13-33/h2-7,9,17-19,36H,8,10-16H2,1H3,(H,29,30,31). The number of anilines is 2. The molecule has 0 atom stereocenters. The Morgan fingerprint density at radius 1 is 1.15 bits per heavy atom. The summed E-state index contributed by atoms with van der Waals surface area (Å²) in [5.41, 5.74) is 4.43. The second-order valence-corrected chi connectivity index (χ2v) is 9.32. The molecule has 12 nitrogen and oxygen atoms in total. The van der Waals surface area contributed by atoms with Gasteiger partial charge in [-0.15, -0.1) is 0 Å². The fourth-order valence-electron chi connectivity index (χ4n) is 4.63. The zero-order valence-corrected chi connectivity index (χ0v) is 22.2. The number of aromatic nitrogens is 4. The van der Waals surface area contributed by atoms with Gasteiger partial charge in [-0.05, 0) is 42.3 Å². The van der Waals surface area contributed by atoms with E-state index in [-0.39, 0.29) is 24.6 Å². The fraction of sp³-hybridized carbons (Fsp3) is 0.321. The van der Waals surface area contributed by atoms with Crippen molar-refractivity contribution in [2.75, 3.05) is 51.9 Å². The van der Waals surface area contributed by atoms with Gasteiger partial charge in [0.2, 0.25) is 5.95 Å². The Balaban J connectivity index is 1.39. The molecule has 2 aromatic carbocycles. The molecule has 0 unspecified atom stereocenters. The first-order valence-corrected chi connectivity index (χ1v) is 13.0. The number of benzene rings is 2. The third kappa shape index (κ3) is 6.42. The molecule has 0 saturated carbocycles. The Labute approximate surface area is 231 Å². The minimum absolute atomic E-state index is 0.0946. The lowest BCUT2D eigenvalue weighted by Gasteiger charge is -2.26. The zero-order valence-electron chi connectivity index (χ0n) is 22.2. The van der Waals surface area contributed by atoms with Gasteiger partial charge in [0.05, 0.1) is 44.1 Å². The molecule has 0 radical (unpaired) electrons. The monoisotopic (exact) mass is 545 g/mol. The van der Waals surface area contributed by atoms with Crippen LogP contribution in [0.4, 0.5) is 17.3 Å². The minimum Gasteiger partial charge on any atom is -0.490 e. The van der Waals surface area contributed by atoms with Gasteiger partial charge in [-0.2, -0.15) is 5.10 Å². The highest BCUT2D eigenvalue weighted by Crippen LogP contribution is 2.36. The topological polar surface area (TPSA) is 141 Å². The highest BCUT2D eigenvalue weighted by Gasteiger charge is 2.20. The number of nitrogens with one attached hydrogen (secondary N) is 1. The van der Waals surface area contributed by atoms with Crippen LogP contribution < -0.4 is 10.1 Å². The largest absolute Gasteiger partial charge is 0.490 e. The predicted octanol–water partition coefficient (Wildman–Crippen LogP) is 3.53. The Kier molecular flexibility index (Phi) is 8.59. The van der Waals surface area contributed by atoms with Crippen molar-refractivity contribution in [3.05, 3.63) is 76.6 Å². The van der Waals surface area contributed by atoms with Gasteiger partial charge in [-0.25, -0.2) is 9.97 Å². The van der Waals surface area contributed by atoms with Crippen molar-refractivity contribution in [3.8, 4) is 28.3 Å². The van der Waals surface area contributed by atoms with Crippen LogP contribution in [0.1, 0.15) is 5.56 Å². The van der Waals surface area contributed by atoms with Crippen molar-refractivity contribution < 1.29 is 19.5 Å². The molecule has 0 amide bonds. The smallest absolute Gasteiger partial charge is 0.310 e. The van der Waals surface area contributed by atoms with Crippen molar-refractivity contribution in [1.29, 1.82) is 0 Å². The molecule has 0 bridgehead atoms. The molecule has 3 heterocycles.